The van der Waals surface area contributed by atoms with Gasteiger partial charge in [0.2, 0.25) is 0 Å². The molecule has 6 nitrogen and oxygen atoms in total. The third kappa shape index (κ3) is 6.92. The molecule has 1 aromatic heterocycles. The Morgan fingerprint density at radius 2 is 2.06 bits per heavy atom. The molecule has 1 aliphatic rings. The van der Waals surface area contributed by atoms with Crippen LogP contribution in [0.5, 0.6) is 0 Å². The predicted octanol–water partition coefficient (Wildman–Crippen LogP) is 1.31. The molecule has 2 N–H and O–H groups in total. The third-order valence-electron chi connectivity index (χ3n) is 2.59. The van der Waals surface area contributed by atoms with Crippen LogP contribution in [-0.2, 0) is 10.4 Å². The van der Waals surface area contributed by atoms with Gasteiger partial charge < -0.3 is 0 Å². The molecule has 2 rings (SSSR count). The van der Waals surface area contributed by atoms with E-state index >= 15 is 0 Å². The summed E-state index contributed by atoms with van der Waals surface area (Å²) in [5, 5.41) is 0. The van der Waals surface area contributed by atoms with E-state index in [1.807, 2.05) is 18.5 Å². The van der Waals surface area contributed by atoms with Gasteiger partial charge in [0.25, 0.3) is 0 Å². The number of rotatable bonds is 1. The molecule has 0 radical (unpaired) electrons. The predicted molar refractivity (Wildman–Crippen MR) is 73.4 cm³/mol. The van der Waals surface area contributed by atoms with Gasteiger partial charge in [0, 0.05) is 18.4 Å². The minimum atomic E-state index is -4.67. The fraction of sp³-hybridized carbons (Fsp3) is 0.500. The second kappa shape index (κ2) is 7.70. The monoisotopic (exact) mass is 294 g/mol. The molecule has 1 unspecified atom stereocenters. The molecule has 1 atom stereocenters. The molecule has 0 spiro atoms. The van der Waals surface area contributed by atoms with E-state index < -0.39 is 10.4 Å². The lowest BCUT2D eigenvalue weighted by atomic mass is 10.1. The fourth-order valence-electron chi connectivity index (χ4n) is 1.90. The SMILES string of the molecule is CN1CCCC1c1cccnc1.O=S(=O)(O)O.S. The molecule has 1 fully saturated rings. The first kappa shape index (κ1) is 17.3. The van der Waals surface area contributed by atoms with Crippen LogP contribution in [0.4, 0.5) is 0 Å². The highest BCUT2D eigenvalue weighted by atomic mass is 32.3. The van der Waals surface area contributed by atoms with Gasteiger partial charge in [0.15, 0.2) is 0 Å². The Bertz CT molecular complexity index is 430. The average Bonchev–Trinajstić information content (AvgIpc) is 2.63. The Balaban J connectivity index is 0.000000421. The van der Waals surface area contributed by atoms with E-state index in [1.165, 1.54) is 24.9 Å². The van der Waals surface area contributed by atoms with Gasteiger partial charge in [0.1, 0.15) is 0 Å². The van der Waals surface area contributed by atoms with Crippen LogP contribution in [0.2, 0.25) is 0 Å². The second-order valence-corrected chi connectivity index (χ2v) is 4.77. The highest BCUT2D eigenvalue weighted by Gasteiger charge is 2.21. The van der Waals surface area contributed by atoms with Gasteiger partial charge in [-0.05, 0) is 38.1 Å². The third-order valence-corrected chi connectivity index (χ3v) is 2.59. The van der Waals surface area contributed by atoms with Gasteiger partial charge in [-0.15, -0.1) is 0 Å². The smallest absolute Gasteiger partial charge is 0.299 e. The largest absolute Gasteiger partial charge is 0.394 e. The highest BCUT2D eigenvalue weighted by Crippen LogP contribution is 2.29. The van der Waals surface area contributed by atoms with E-state index in [2.05, 4.69) is 23.0 Å². The minimum absolute atomic E-state index is 0. The van der Waals surface area contributed by atoms with Crippen LogP contribution in [0.25, 0.3) is 0 Å². The molecule has 2 heterocycles. The molecule has 104 valence electrons. The zero-order valence-electron chi connectivity index (χ0n) is 10.0. The quantitative estimate of drug-likeness (QED) is 0.759. The van der Waals surface area contributed by atoms with Crippen LogP contribution in [0.3, 0.4) is 0 Å². The standard InChI is InChI=1S/C10H14N2.H2O4S.H2S/c1-12-7-3-5-10(12)9-4-2-6-11-8-9;1-5(2,3)4;/h2,4,6,8,10H,3,5,7H2,1H3;(H2,1,2,3,4);1H2. The molecule has 18 heavy (non-hydrogen) atoms. The lowest BCUT2D eigenvalue weighted by Gasteiger charge is -2.18. The molecule has 1 aliphatic heterocycles. The van der Waals surface area contributed by atoms with Crippen molar-refractivity contribution in [2.45, 2.75) is 18.9 Å². The molecule has 1 aromatic rings. The van der Waals surface area contributed by atoms with Crippen molar-refractivity contribution in [1.29, 1.82) is 0 Å². The first-order valence-electron chi connectivity index (χ1n) is 5.18. The van der Waals surface area contributed by atoms with Crippen molar-refractivity contribution in [3.05, 3.63) is 30.1 Å². The van der Waals surface area contributed by atoms with Crippen molar-refractivity contribution < 1.29 is 17.5 Å². The van der Waals surface area contributed by atoms with Gasteiger partial charge in [-0.3, -0.25) is 19.0 Å². The normalized spacial score (nSPS) is 19.6. The molecule has 0 aliphatic carbocycles. The number of hydrogen-bond donors (Lipinski definition) is 2. The van der Waals surface area contributed by atoms with Crippen molar-refractivity contribution in [1.82, 2.24) is 9.88 Å². The van der Waals surface area contributed by atoms with Crippen molar-refractivity contribution in [3.8, 4) is 0 Å². The molecule has 8 heteroatoms. The van der Waals surface area contributed by atoms with Crippen LogP contribution in [0.15, 0.2) is 24.5 Å². The van der Waals surface area contributed by atoms with Crippen molar-refractivity contribution in [2.75, 3.05) is 13.6 Å². The second-order valence-electron chi connectivity index (χ2n) is 3.87. The molecule has 0 saturated carbocycles. The topological polar surface area (TPSA) is 90.7 Å². The first-order chi connectivity index (χ1) is 7.88. The number of hydrogen-bond acceptors (Lipinski definition) is 4. The van der Waals surface area contributed by atoms with Crippen LogP contribution in [-0.4, -0.2) is 41.0 Å². The molecule has 0 bridgehead atoms. The molecule has 0 aromatic carbocycles. The van der Waals surface area contributed by atoms with Crippen molar-refractivity contribution in [3.63, 3.8) is 0 Å². The van der Waals surface area contributed by atoms with E-state index in [-0.39, 0.29) is 13.5 Å². The molecular weight excluding hydrogens is 276 g/mol. The Hall–Kier alpha value is -0.670. The van der Waals surface area contributed by atoms with E-state index in [1.54, 1.807) is 0 Å². The Labute approximate surface area is 114 Å². The van der Waals surface area contributed by atoms with Crippen LogP contribution in [0, 0.1) is 0 Å². The zero-order valence-corrected chi connectivity index (χ0v) is 11.8. The van der Waals surface area contributed by atoms with Crippen molar-refractivity contribution >= 4 is 23.9 Å². The molecular formula is C10H18N2O4S2. The van der Waals surface area contributed by atoms with Gasteiger partial charge in [-0.1, -0.05) is 6.07 Å². The average molecular weight is 294 g/mol. The summed E-state index contributed by atoms with van der Waals surface area (Å²) in [5.41, 5.74) is 1.36. The summed E-state index contributed by atoms with van der Waals surface area (Å²) in [6.45, 7) is 1.22. The fourth-order valence-corrected chi connectivity index (χ4v) is 1.90. The Kier molecular flexibility index (Phi) is 7.41. The molecule has 0 amide bonds. The summed E-state index contributed by atoms with van der Waals surface area (Å²) in [6.07, 6.45) is 6.41. The maximum Gasteiger partial charge on any atom is 0.394 e. The van der Waals surface area contributed by atoms with E-state index in [9.17, 15) is 0 Å². The van der Waals surface area contributed by atoms with Crippen molar-refractivity contribution in [2.24, 2.45) is 0 Å². The lowest BCUT2D eigenvalue weighted by Crippen LogP contribution is -2.17. The summed E-state index contributed by atoms with van der Waals surface area (Å²) in [5.74, 6) is 0. The Morgan fingerprint density at radius 1 is 1.44 bits per heavy atom. The molecule has 1 saturated heterocycles. The Morgan fingerprint density at radius 3 is 2.44 bits per heavy atom. The number of aromatic nitrogens is 1. The van der Waals surface area contributed by atoms with E-state index in [0.717, 1.165) is 0 Å². The van der Waals surface area contributed by atoms with Gasteiger partial charge in [-0.25, -0.2) is 0 Å². The highest BCUT2D eigenvalue weighted by molar-refractivity contribution is 7.79. The summed E-state index contributed by atoms with van der Waals surface area (Å²) in [4.78, 5) is 6.54. The maximum atomic E-state index is 8.74. The maximum absolute atomic E-state index is 8.74. The van der Waals surface area contributed by atoms with Gasteiger partial charge in [-0.2, -0.15) is 21.9 Å². The van der Waals surface area contributed by atoms with Crippen LogP contribution in [0.1, 0.15) is 24.4 Å². The van der Waals surface area contributed by atoms with E-state index in [0.29, 0.717) is 6.04 Å². The van der Waals surface area contributed by atoms with Gasteiger partial charge in [0.05, 0.1) is 0 Å². The summed E-state index contributed by atoms with van der Waals surface area (Å²) in [7, 11) is -2.48. The van der Waals surface area contributed by atoms with Crippen LogP contribution < -0.4 is 0 Å². The van der Waals surface area contributed by atoms with Crippen LogP contribution >= 0.6 is 13.5 Å². The lowest BCUT2D eigenvalue weighted by molar-refractivity contribution is 0.317. The minimum Gasteiger partial charge on any atom is -0.299 e. The summed E-state index contributed by atoms with van der Waals surface area (Å²) < 4.78 is 31.6. The summed E-state index contributed by atoms with van der Waals surface area (Å²) >= 11 is 0. The van der Waals surface area contributed by atoms with Gasteiger partial charge >= 0.3 is 10.4 Å². The zero-order chi connectivity index (χ0) is 12.9. The number of pyridine rings is 1. The number of likely N-dealkylation sites (tertiary alicyclic amines) is 1. The number of nitrogens with zero attached hydrogens (tertiary/aromatic N) is 2. The summed E-state index contributed by atoms with van der Waals surface area (Å²) in [6, 6.07) is 4.79. The first-order valence-corrected chi connectivity index (χ1v) is 6.57. The van der Waals surface area contributed by atoms with E-state index in [4.69, 9.17) is 17.5 Å².